The molecule has 0 radical (unpaired) electrons. The Labute approximate surface area is 122 Å². The van der Waals surface area contributed by atoms with E-state index in [9.17, 15) is 13.6 Å². The van der Waals surface area contributed by atoms with Gasteiger partial charge in [0.25, 0.3) is 11.8 Å². The van der Waals surface area contributed by atoms with Crippen molar-refractivity contribution in [3.05, 3.63) is 29.6 Å². The molecule has 1 saturated heterocycles. The van der Waals surface area contributed by atoms with E-state index < -0.39 is 5.92 Å². The van der Waals surface area contributed by atoms with Crippen molar-refractivity contribution in [3.8, 4) is 0 Å². The van der Waals surface area contributed by atoms with Gasteiger partial charge in [-0.25, -0.2) is 13.8 Å². The van der Waals surface area contributed by atoms with Crippen LogP contribution in [0.25, 0.3) is 0 Å². The van der Waals surface area contributed by atoms with E-state index in [-0.39, 0.29) is 24.4 Å². The minimum absolute atomic E-state index is 0.102. The summed E-state index contributed by atoms with van der Waals surface area (Å²) in [5.41, 5.74) is 1.19. The number of carbonyl (C=O) groups excluding carboxylic acids is 1. The molecule has 5 nitrogen and oxygen atoms in total. The second-order valence-corrected chi connectivity index (χ2v) is 5.17. The minimum atomic E-state index is -2.53. The number of halogens is 2. The minimum Gasteiger partial charge on any atom is -0.299 e. The summed E-state index contributed by atoms with van der Waals surface area (Å²) in [6, 6.07) is 3.40. The SMILES string of the molecule is CON(C)C(=O)c1ccc(CN2CCC(F)(F)CC2)cn1. The molecule has 116 valence electrons. The summed E-state index contributed by atoms with van der Waals surface area (Å²) in [4.78, 5) is 22.7. The summed E-state index contributed by atoms with van der Waals surface area (Å²) in [5.74, 6) is -2.86. The number of amides is 1. The average molecular weight is 299 g/mol. The van der Waals surface area contributed by atoms with Crippen molar-refractivity contribution in [2.45, 2.75) is 25.3 Å². The highest BCUT2D eigenvalue weighted by Crippen LogP contribution is 2.28. The molecule has 0 atom stereocenters. The van der Waals surface area contributed by atoms with E-state index >= 15 is 0 Å². The van der Waals surface area contributed by atoms with Gasteiger partial charge in [0.1, 0.15) is 5.69 Å². The van der Waals surface area contributed by atoms with Gasteiger partial charge in [-0.05, 0) is 11.6 Å². The molecular formula is C14H19F2N3O2. The maximum atomic E-state index is 13.1. The van der Waals surface area contributed by atoms with Crippen molar-refractivity contribution in [3.63, 3.8) is 0 Å². The fourth-order valence-electron chi connectivity index (χ4n) is 2.19. The Morgan fingerprint density at radius 1 is 1.43 bits per heavy atom. The molecule has 0 bridgehead atoms. The van der Waals surface area contributed by atoms with E-state index in [1.165, 1.54) is 14.2 Å². The van der Waals surface area contributed by atoms with Crippen molar-refractivity contribution >= 4 is 5.91 Å². The Bertz CT molecular complexity index is 483. The van der Waals surface area contributed by atoms with Gasteiger partial charge in [-0.3, -0.25) is 19.5 Å². The lowest BCUT2D eigenvalue weighted by Gasteiger charge is -2.31. The first-order valence-corrected chi connectivity index (χ1v) is 6.78. The van der Waals surface area contributed by atoms with Crippen LogP contribution in [0.3, 0.4) is 0 Å². The first-order valence-electron chi connectivity index (χ1n) is 6.78. The number of carbonyl (C=O) groups is 1. The Morgan fingerprint density at radius 3 is 2.62 bits per heavy atom. The Morgan fingerprint density at radius 2 is 2.10 bits per heavy atom. The smallest absolute Gasteiger partial charge is 0.295 e. The lowest BCUT2D eigenvalue weighted by Crippen LogP contribution is -2.38. The first-order chi connectivity index (χ1) is 9.91. The molecule has 0 aromatic carbocycles. The average Bonchev–Trinajstić information content (AvgIpc) is 2.48. The van der Waals surface area contributed by atoms with Crippen LogP contribution in [0.1, 0.15) is 28.9 Å². The molecule has 1 aliphatic heterocycles. The molecular weight excluding hydrogens is 280 g/mol. The number of hydrogen-bond acceptors (Lipinski definition) is 4. The van der Waals surface area contributed by atoms with Crippen LogP contribution in [0.2, 0.25) is 0 Å². The highest BCUT2D eigenvalue weighted by molar-refractivity contribution is 5.91. The van der Waals surface area contributed by atoms with Crippen molar-refractivity contribution < 1.29 is 18.4 Å². The van der Waals surface area contributed by atoms with Crippen LogP contribution in [-0.2, 0) is 11.4 Å². The highest BCUT2D eigenvalue weighted by atomic mass is 19.3. The Balaban J connectivity index is 1.93. The first kappa shape index (κ1) is 15.8. The summed E-state index contributed by atoms with van der Waals surface area (Å²) >= 11 is 0. The van der Waals surface area contributed by atoms with Crippen LogP contribution < -0.4 is 0 Å². The zero-order chi connectivity index (χ0) is 15.5. The van der Waals surface area contributed by atoms with E-state index in [2.05, 4.69) is 4.98 Å². The van der Waals surface area contributed by atoms with Gasteiger partial charge >= 0.3 is 0 Å². The molecule has 1 aliphatic rings. The quantitative estimate of drug-likeness (QED) is 0.797. The number of piperidine rings is 1. The van der Waals surface area contributed by atoms with Crippen LogP contribution in [0.4, 0.5) is 8.78 Å². The predicted molar refractivity (Wildman–Crippen MR) is 72.8 cm³/mol. The number of nitrogens with zero attached hydrogens (tertiary/aromatic N) is 3. The van der Waals surface area contributed by atoms with Crippen molar-refractivity contribution in [1.29, 1.82) is 0 Å². The molecule has 1 aromatic heterocycles. The van der Waals surface area contributed by atoms with E-state index in [1.54, 1.807) is 18.3 Å². The van der Waals surface area contributed by atoms with E-state index in [1.807, 2.05) is 4.90 Å². The summed E-state index contributed by atoms with van der Waals surface area (Å²) < 4.78 is 26.1. The fraction of sp³-hybridized carbons (Fsp3) is 0.571. The normalized spacial score (nSPS) is 18.5. The van der Waals surface area contributed by atoms with Gasteiger partial charge in [0.2, 0.25) is 0 Å². The van der Waals surface area contributed by atoms with Gasteiger partial charge in [-0.15, -0.1) is 0 Å². The molecule has 2 heterocycles. The van der Waals surface area contributed by atoms with Gasteiger partial charge in [-0.1, -0.05) is 6.07 Å². The van der Waals surface area contributed by atoms with Gasteiger partial charge in [0.15, 0.2) is 0 Å². The molecule has 0 unspecified atom stereocenters. The maximum Gasteiger partial charge on any atom is 0.295 e. The van der Waals surface area contributed by atoms with Crippen molar-refractivity contribution in [2.75, 3.05) is 27.2 Å². The standard InChI is InChI=1S/C14H19F2N3O2/c1-18(21-2)13(20)12-4-3-11(9-17-12)10-19-7-5-14(15,16)6-8-19/h3-4,9H,5-8,10H2,1-2H3. The third kappa shape index (κ3) is 4.18. The molecule has 0 spiro atoms. The molecule has 7 heteroatoms. The van der Waals surface area contributed by atoms with Crippen molar-refractivity contribution in [2.24, 2.45) is 0 Å². The fourth-order valence-corrected chi connectivity index (χ4v) is 2.19. The van der Waals surface area contributed by atoms with Crippen molar-refractivity contribution in [1.82, 2.24) is 14.9 Å². The maximum absolute atomic E-state index is 13.1. The molecule has 1 aromatic rings. The van der Waals surface area contributed by atoms with E-state index in [0.717, 1.165) is 10.6 Å². The monoisotopic (exact) mass is 299 g/mol. The second-order valence-electron chi connectivity index (χ2n) is 5.17. The Kier molecular flexibility index (Phi) is 4.84. The molecule has 1 fully saturated rings. The van der Waals surface area contributed by atoms with Crippen LogP contribution in [0.5, 0.6) is 0 Å². The number of hydroxylamine groups is 2. The summed E-state index contributed by atoms with van der Waals surface area (Å²) in [6.07, 6.45) is 1.40. The Hall–Kier alpha value is -1.60. The second kappa shape index (κ2) is 6.44. The lowest BCUT2D eigenvalue weighted by atomic mass is 10.1. The number of aromatic nitrogens is 1. The van der Waals surface area contributed by atoms with Crippen LogP contribution >= 0.6 is 0 Å². The lowest BCUT2D eigenvalue weighted by molar-refractivity contribution is -0.0760. The zero-order valence-electron chi connectivity index (χ0n) is 12.2. The largest absolute Gasteiger partial charge is 0.299 e. The van der Waals surface area contributed by atoms with Crippen LogP contribution in [0, 0.1) is 0 Å². The molecule has 1 amide bonds. The number of likely N-dealkylation sites (tertiary alicyclic amines) is 1. The van der Waals surface area contributed by atoms with Gasteiger partial charge in [0, 0.05) is 45.7 Å². The third-order valence-electron chi connectivity index (χ3n) is 3.60. The van der Waals surface area contributed by atoms with Crippen LogP contribution in [-0.4, -0.2) is 54.0 Å². The number of alkyl halides is 2. The number of pyridine rings is 1. The molecule has 0 aliphatic carbocycles. The summed E-state index contributed by atoms with van der Waals surface area (Å²) in [6.45, 7) is 1.32. The topological polar surface area (TPSA) is 45.7 Å². The molecule has 21 heavy (non-hydrogen) atoms. The third-order valence-corrected chi connectivity index (χ3v) is 3.60. The van der Waals surface area contributed by atoms with Gasteiger partial charge in [0.05, 0.1) is 7.11 Å². The predicted octanol–water partition coefficient (Wildman–Crippen LogP) is 1.95. The zero-order valence-corrected chi connectivity index (χ0v) is 12.2. The number of hydrogen-bond donors (Lipinski definition) is 0. The molecule has 0 saturated carbocycles. The van der Waals surface area contributed by atoms with Gasteiger partial charge in [-0.2, -0.15) is 0 Å². The van der Waals surface area contributed by atoms with E-state index in [0.29, 0.717) is 19.6 Å². The summed E-state index contributed by atoms with van der Waals surface area (Å²) in [7, 11) is 2.91. The van der Waals surface area contributed by atoms with E-state index in [4.69, 9.17) is 4.84 Å². The molecule has 2 rings (SSSR count). The van der Waals surface area contributed by atoms with Gasteiger partial charge < -0.3 is 0 Å². The molecule has 0 N–H and O–H groups in total. The highest BCUT2D eigenvalue weighted by Gasteiger charge is 2.33. The van der Waals surface area contributed by atoms with Crippen LogP contribution in [0.15, 0.2) is 18.3 Å². The summed E-state index contributed by atoms with van der Waals surface area (Å²) in [5, 5.41) is 1.09. The number of rotatable bonds is 4.